The van der Waals surface area contributed by atoms with Gasteiger partial charge >= 0.3 is 0 Å². The second-order valence-electron chi connectivity index (χ2n) is 7.18. The van der Waals surface area contributed by atoms with E-state index in [1.54, 1.807) is 9.36 Å². The van der Waals surface area contributed by atoms with Crippen molar-refractivity contribution in [3.05, 3.63) is 46.4 Å². The molecule has 1 aliphatic rings. The Morgan fingerprint density at radius 2 is 1.69 bits per heavy atom. The lowest BCUT2D eigenvalue weighted by Gasteiger charge is -2.21. The predicted molar refractivity (Wildman–Crippen MR) is 103 cm³/mol. The molecule has 0 bridgehead atoms. The SMILES string of the molecule is Cc1c(NC(=O)C[NH+]2CCCCCCC2)c(=O)n(-c2ccccc2)n1C. The van der Waals surface area contributed by atoms with Gasteiger partial charge in [0.05, 0.1) is 24.5 Å². The Morgan fingerprint density at radius 1 is 1.08 bits per heavy atom. The van der Waals surface area contributed by atoms with Gasteiger partial charge in [-0.3, -0.25) is 14.3 Å². The minimum Gasteiger partial charge on any atom is -0.327 e. The van der Waals surface area contributed by atoms with E-state index < -0.39 is 0 Å². The number of nitrogens with zero attached hydrogens (tertiary/aromatic N) is 2. The molecule has 2 aromatic rings. The van der Waals surface area contributed by atoms with E-state index in [4.69, 9.17) is 0 Å². The van der Waals surface area contributed by atoms with Crippen LogP contribution in [0.15, 0.2) is 35.1 Å². The summed E-state index contributed by atoms with van der Waals surface area (Å²) in [7, 11) is 1.84. The van der Waals surface area contributed by atoms with Crippen LogP contribution in [0.1, 0.15) is 37.8 Å². The average molecular weight is 357 g/mol. The monoisotopic (exact) mass is 357 g/mol. The average Bonchev–Trinajstić information content (AvgIpc) is 2.81. The molecule has 2 N–H and O–H groups in total. The Hall–Kier alpha value is -2.34. The van der Waals surface area contributed by atoms with Gasteiger partial charge in [-0.15, -0.1) is 0 Å². The van der Waals surface area contributed by atoms with Crippen LogP contribution in [0.25, 0.3) is 5.69 Å². The van der Waals surface area contributed by atoms with Gasteiger partial charge in [0.15, 0.2) is 6.54 Å². The molecule has 3 rings (SSSR count). The fraction of sp³-hybridized carbons (Fsp3) is 0.500. The second-order valence-corrected chi connectivity index (χ2v) is 7.18. The van der Waals surface area contributed by atoms with Crippen LogP contribution in [0.3, 0.4) is 0 Å². The number of carbonyl (C=O) groups is 1. The van der Waals surface area contributed by atoms with Crippen molar-refractivity contribution in [2.24, 2.45) is 7.05 Å². The summed E-state index contributed by atoms with van der Waals surface area (Å²) in [6, 6.07) is 9.48. The number of benzene rings is 1. The molecule has 2 heterocycles. The van der Waals surface area contributed by atoms with Crippen LogP contribution >= 0.6 is 0 Å². The predicted octanol–water partition coefficient (Wildman–Crippen LogP) is 1.27. The summed E-state index contributed by atoms with van der Waals surface area (Å²) >= 11 is 0. The lowest BCUT2D eigenvalue weighted by atomic mass is 10.1. The largest absolute Gasteiger partial charge is 0.327 e. The first-order valence-electron chi connectivity index (χ1n) is 9.55. The number of hydrogen-bond donors (Lipinski definition) is 2. The summed E-state index contributed by atoms with van der Waals surface area (Å²) in [6.07, 6.45) is 6.17. The number of nitrogens with one attached hydrogen (secondary N) is 2. The number of anilines is 1. The van der Waals surface area contributed by atoms with Crippen LogP contribution in [-0.2, 0) is 11.8 Å². The maximum atomic E-state index is 12.9. The highest BCUT2D eigenvalue weighted by molar-refractivity contribution is 5.91. The summed E-state index contributed by atoms with van der Waals surface area (Å²) in [5, 5.41) is 2.88. The van der Waals surface area contributed by atoms with Gasteiger partial charge in [-0.05, 0) is 44.7 Å². The van der Waals surface area contributed by atoms with Gasteiger partial charge in [0.1, 0.15) is 5.69 Å². The first kappa shape index (κ1) is 18.5. The Balaban J connectivity index is 1.75. The van der Waals surface area contributed by atoms with Crippen LogP contribution in [0.2, 0.25) is 0 Å². The van der Waals surface area contributed by atoms with Gasteiger partial charge in [0.2, 0.25) is 0 Å². The van der Waals surface area contributed by atoms with Crippen LogP contribution < -0.4 is 15.8 Å². The number of para-hydroxylation sites is 1. The van der Waals surface area contributed by atoms with Gasteiger partial charge < -0.3 is 10.2 Å². The van der Waals surface area contributed by atoms with Crippen LogP contribution in [0, 0.1) is 6.92 Å². The zero-order valence-corrected chi connectivity index (χ0v) is 15.8. The molecule has 0 aliphatic carbocycles. The zero-order chi connectivity index (χ0) is 18.5. The van der Waals surface area contributed by atoms with Gasteiger partial charge in [0, 0.05) is 7.05 Å². The first-order valence-corrected chi connectivity index (χ1v) is 9.55. The van der Waals surface area contributed by atoms with Crippen molar-refractivity contribution in [1.29, 1.82) is 0 Å². The molecule has 0 atom stereocenters. The Morgan fingerprint density at radius 3 is 2.35 bits per heavy atom. The third-order valence-electron chi connectivity index (χ3n) is 5.29. The minimum absolute atomic E-state index is 0.0772. The maximum Gasteiger partial charge on any atom is 0.295 e. The van der Waals surface area contributed by atoms with Crippen LogP contribution in [0.5, 0.6) is 0 Å². The molecular weight excluding hydrogens is 328 g/mol. The molecule has 1 amide bonds. The van der Waals surface area contributed by atoms with Gasteiger partial charge in [0.25, 0.3) is 11.5 Å². The molecule has 0 radical (unpaired) electrons. The molecule has 1 aromatic carbocycles. The number of rotatable bonds is 4. The highest BCUT2D eigenvalue weighted by Gasteiger charge is 2.21. The zero-order valence-electron chi connectivity index (χ0n) is 15.8. The van der Waals surface area contributed by atoms with Gasteiger partial charge in [-0.1, -0.05) is 24.6 Å². The molecule has 6 nitrogen and oxygen atoms in total. The molecular formula is C20H29N4O2+. The summed E-state index contributed by atoms with van der Waals surface area (Å²) in [5.41, 5.74) is 1.74. The first-order chi connectivity index (χ1) is 12.6. The van der Waals surface area contributed by atoms with E-state index >= 15 is 0 Å². The van der Waals surface area contributed by atoms with Crippen molar-refractivity contribution in [2.45, 2.75) is 39.0 Å². The molecule has 140 valence electrons. The quantitative estimate of drug-likeness (QED) is 0.866. The number of amides is 1. The molecule has 1 aliphatic heterocycles. The lowest BCUT2D eigenvalue weighted by molar-refractivity contribution is -0.892. The Labute approximate surface area is 154 Å². The van der Waals surface area contributed by atoms with Crippen molar-refractivity contribution < 1.29 is 9.69 Å². The molecule has 0 unspecified atom stereocenters. The number of carbonyl (C=O) groups excluding carboxylic acids is 1. The molecule has 6 heteroatoms. The van der Waals surface area contributed by atoms with Crippen molar-refractivity contribution >= 4 is 11.6 Å². The number of quaternary nitrogens is 1. The van der Waals surface area contributed by atoms with Crippen molar-refractivity contribution in [2.75, 3.05) is 25.0 Å². The Bertz CT molecular complexity index is 799. The summed E-state index contributed by atoms with van der Waals surface area (Å²) < 4.78 is 3.38. The second kappa shape index (κ2) is 8.36. The molecule has 0 spiro atoms. The van der Waals surface area contributed by atoms with E-state index in [1.165, 1.54) is 37.0 Å². The molecule has 1 saturated heterocycles. The fourth-order valence-corrected chi connectivity index (χ4v) is 3.71. The number of hydrogen-bond acceptors (Lipinski definition) is 2. The van der Waals surface area contributed by atoms with Crippen molar-refractivity contribution in [3.8, 4) is 5.69 Å². The molecule has 1 fully saturated rings. The summed E-state index contributed by atoms with van der Waals surface area (Å²) in [5.74, 6) is -0.0772. The molecule has 0 saturated carbocycles. The summed E-state index contributed by atoms with van der Waals surface area (Å²) in [4.78, 5) is 26.7. The molecule has 1 aromatic heterocycles. The number of likely N-dealkylation sites (tertiary alicyclic amines) is 1. The Kier molecular flexibility index (Phi) is 5.93. The molecule has 26 heavy (non-hydrogen) atoms. The van der Waals surface area contributed by atoms with E-state index in [-0.39, 0.29) is 11.5 Å². The van der Waals surface area contributed by atoms with Crippen LogP contribution in [0.4, 0.5) is 5.69 Å². The topological polar surface area (TPSA) is 60.5 Å². The van der Waals surface area contributed by atoms with Crippen molar-refractivity contribution in [1.82, 2.24) is 9.36 Å². The third kappa shape index (κ3) is 4.07. The van der Waals surface area contributed by atoms with E-state index in [9.17, 15) is 9.59 Å². The maximum absolute atomic E-state index is 12.9. The van der Waals surface area contributed by atoms with Gasteiger partial charge in [-0.25, -0.2) is 4.68 Å². The standard InChI is InChI=1S/C20H28N4O2/c1-16-19(20(26)24(22(16)2)17-11-7-6-8-12-17)21-18(25)15-23-13-9-4-3-5-10-14-23/h6-8,11-12H,3-5,9-10,13-15H2,1-2H3,(H,21,25)/p+1. The highest BCUT2D eigenvalue weighted by Crippen LogP contribution is 2.13. The number of aromatic nitrogens is 2. The van der Waals surface area contributed by atoms with Gasteiger partial charge in [-0.2, -0.15) is 0 Å². The van der Waals surface area contributed by atoms with E-state index in [0.29, 0.717) is 12.2 Å². The summed E-state index contributed by atoms with van der Waals surface area (Å²) in [6.45, 7) is 4.36. The van der Waals surface area contributed by atoms with E-state index in [1.807, 2.05) is 44.3 Å². The lowest BCUT2D eigenvalue weighted by Crippen LogP contribution is -3.13. The normalized spacial score (nSPS) is 16.1. The van der Waals surface area contributed by atoms with Crippen LogP contribution in [-0.4, -0.2) is 34.9 Å². The fourth-order valence-electron chi connectivity index (χ4n) is 3.71. The minimum atomic E-state index is -0.188. The van der Waals surface area contributed by atoms with E-state index in [0.717, 1.165) is 24.5 Å². The highest BCUT2D eigenvalue weighted by atomic mass is 16.2. The van der Waals surface area contributed by atoms with Crippen molar-refractivity contribution in [3.63, 3.8) is 0 Å². The third-order valence-corrected chi connectivity index (χ3v) is 5.29. The van der Waals surface area contributed by atoms with E-state index in [2.05, 4.69) is 5.32 Å². The smallest absolute Gasteiger partial charge is 0.295 e.